The SMILES string of the molecule is CCCC(NC(=O)Oc1ccc2ncccc2c1)C(=O)N1CCC2C1C(=O)CN2S(=O)(=O)c1ccccn1. The van der Waals surface area contributed by atoms with Gasteiger partial charge in [-0.3, -0.25) is 14.6 Å². The lowest BCUT2D eigenvalue weighted by molar-refractivity contribution is -0.138. The molecule has 1 N–H and O–H groups in total. The van der Waals surface area contributed by atoms with Gasteiger partial charge in [-0.1, -0.05) is 25.5 Å². The molecule has 2 fully saturated rings. The Labute approximate surface area is 219 Å². The number of carbonyl (C=O) groups excluding carboxylic acids is 3. The number of nitrogens with one attached hydrogen (secondary N) is 1. The lowest BCUT2D eigenvalue weighted by Gasteiger charge is -2.28. The second-order valence-corrected chi connectivity index (χ2v) is 11.1. The molecule has 0 bridgehead atoms. The highest BCUT2D eigenvalue weighted by molar-refractivity contribution is 7.89. The van der Waals surface area contributed by atoms with Crippen LogP contribution in [0.15, 0.2) is 66.0 Å². The Hall–Kier alpha value is -3.90. The van der Waals surface area contributed by atoms with Gasteiger partial charge in [-0.15, -0.1) is 0 Å². The van der Waals surface area contributed by atoms with Crippen LogP contribution in [0.2, 0.25) is 0 Å². The number of amides is 2. The number of ketones is 1. The van der Waals surface area contributed by atoms with E-state index >= 15 is 0 Å². The molecule has 0 spiro atoms. The number of carbonyl (C=O) groups is 3. The Bertz CT molecular complexity index is 1480. The zero-order valence-electron chi connectivity index (χ0n) is 20.7. The van der Waals surface area contributed by atoms with E-state index in [-0.39, 0.29) is 23.9 Å². The summed E-state index contributed by atoms with van der Waals surface area (Å²) in [6, 6.07) is 10.7. The molecule has 0 saturated carbocycles. The molecule has 1 aromatic carbocycles. The summed E-state index contributed by atoms with van der Waals surface area (Å²) < 4.78 is 32.9. The van der Waals surface area contributed by atoms with Crippen LogP contribution in [0.3, 0.4) is 0 Å². The number of ether oxygens (including phenoxy) is 1. The van der Waals surface area contributed by atoms with E-state index < -0.39 is 40.1 Å². The largest absolute Gasteiger partial charge is 0.413 e. The summed E-state index contributed by atoms with van der Waals surface area (Å²) in [5.74, 6) is -0.499. The van der Waals surface area contributed by atoms with Gasteiger partial charge in [0.15, 0.2) is 10.8 Å². The highest BCUT2D eigenvalue weighted by Crippen LogP contribution is 2.34. The van der Waals surface area contributed by atoms with Crippen LogP contribution in [0.4, 0.5) is 4.79 Å². The van der Waals surface area contributed by atoms with Crippen LogP contribution < -0.4 is 10.1 Å². The van der Waals surface area contributed by atoms with Crippen molar-refractivity contribution in [3.63, 3.8) is 0 Å². The molecule has 11 nitrogen and oxygen atoms in total. The Morgan fingerprint density at radius 2 is 1.95 bits per heavy atom. The lowest BCUT2D eigenvalue weighted by Crippen LogP contribution is -2.53. The third-order valence-corrected chi connectivity index (χ3v) is 8.61. The number of Topliss-reactive ketones (excluding diaryl/α,β-unsaturated/α-hetero) is 1. The lowest BCUT2D eigenvalue weighted by atomic mass is 10.1. The summed E-state index contributed by atoms with van der Waals surface area (Å²) in [7, 11) is -4.01. The number of nitrogens with zero attached hydrogens (tertiary/aromatic N) is 4. The molecule has 38 heavy (non-hydrogen) atoms. The summed E-state index contributed by atoms with van der Waals surface area (Å²) >= 11 is 0. The number of hydrogen-bond donors (Lipinski definition) is 1. The normalized spacial score (nSPS) is 20.3. The topological polar surface area (TPSA) is 139 Å². The summed E-state index contributed by atoms with van der Waals surface area (Å²) in [6.45, 7) is 1.74. The van der Waals surface area contributed by atoms with E-state index in [1.165, 1.54) is 17.2 Å². The number of sulfonamides is 1. The summed E-state index contributed by atoms with van der Waals surface area (Å²) in [5, 5.41) is 3.29. The van der Waals surface area contributed by atoms with Gasteiger partial charge < -0.3 is 15.0 Å². The van der Waals surface area contributed by atoms with Crippen molar-refractivity contribution in [2.75, 3.05) is 13.1 Å². The van der Waals surface area contributed by atoms with E-state index in [2.05, 4.69) is 15.3 Å². The quantitative estimate of drug-likeness (QED) is 0.484. The van der Waals surface area contributed by atoms with Gasteiger partial charge in [0.25, 0.3) is 10.0 Å². The van der Waals surface area contributed by atoms with E-state index in [1.54, 1.807) is 42.6 Å². The Kier molecular flexibility index (Phi) is 7.09. The summed E-state index contributed by atoms with van der Waals surface area (Å²) in [4.78, 5) is 48.8. The van der Waals surface area contributed by atoms with Gasteiger partial charge in [-0.05, 0) is 49.2 Å². The zero-order valence-corrected chi connectivity index (χ0v) is 21.5. The van der Waals surface area contributed by atoms with Crippen molar-refractivity contribution in [2.45, 2.75) is 49.3 Å². The fourth-order valence-electron chi connectivity index (χ4n) is 5.10. The molecule has 2 aliphatic rings. The molecular weight excluding hydrogens is 510 g/mol. The van der Waals surface area contributed by atoms with Crippen molar-refractivity contribution in [3.05, 3.63) is 60.9 Å². The molecule has 2 saturated heterocycles. The highest BCUT2D eigenvalue weighted by atomic mass is 32.2. The fourth-order valence-corrected chi connectivity index (χ4v) is 6.66. The van der Waals surface area contributed by atoms with Crippen LogP contribution in [0.5, 0.6) is 5.75 Å². The smallest absolute Gasteiger partial charge is 0.410 e. The second-order valence-electron chi connectivity index (χ2n) is 9.25. The second kappa shape index (κ2) is 10.5. The zero-order chi connectivity index (χ0) is 26.9. The van der Waals surface area contributed by atoms with Crippen LogP contribution in [0.1, 0.15) is 26.2 Å². The van der Waals surface area contributed by atoms with E-state index in [4.69, 9.17) is 4.74 Å². The van der Waals surface area contributed by atoms with Crippen LogP contribution >= 0.6 is 0 Å². The fraction of sp³-hybridized carbons (Fsp3) is 0.346. The van der Waals surface area contributed by atoms with Gasteiger partial charge >= 0.3 is 6.09 Å². The molecule has 4 heterocycles. The van der Waals surface area contributed by atoms with Crippen molar-refractivity contribution in [1.82, 2.24) is 24.5 Å². The predicted octanol–water partition coefficient (Wildman–Crippen LogP) is 2.13. The Morgan fingerprint density at radius 1 is 1.13 bits per heavy atom. The molecule has 2 amide bonds. The van der Waals surface area contributed by atoms with Crippen molar-refractivity contribution in [1.29, 1.82) is 0 Å². The highest BCUT2D eigenvalue weighted by Gasteiger charge is 2.54. The molecular formula is C26H27N5O6S. The van der Waals surface area contributed by atoms with Crippen LogP contribution in [0.25, 0.3) is 10.9 Å². The summed E-state index contributed by atoms with van der Waals surface area (Å²) in [5.41, 5.74) is 0.753. The molecule has 5 rings (SSSR count). The monoisotopic (exact) mass is 537 g/mol. The minimum atomic E-state index is -4.01. The van der Waals surface area contributed by atoms with Crippen molar-refractivity contribution in [2.24, 2.45) is 0 Å². The minimum Gasteiger partial charge on any atom is -0.410 e. The third kappa shape index (κ3) is 4.84. The molecule has 3 aromatic rings. The number of aromatic nitrogens is 2. The minimum absolute atomic E-state index is 0.143. The molecule has 3 atom stereocenters. The maximum atomic E-state index is 13.5. The maximum Gasteiger partial charge on any atom is 0.413 e. The number of benzene rings is 1. The van der Waals surface area contributed by atoms with Gasteiger partial charge in [-0.25, -0.2) is 18.2 Å². The van der Waals surface area contributed by atoms with Crippen LogP contribution in [0, 0.1) is 0 Å². The molecule has 12 heteroatoms. The van der Waals surface area contributed by atoms with Crippen LogP contribution in [-0.4, -0.2) is 76.6 Å². The molecule has 2 aromatic heterocycles. The van der Waals surface area contributed by atoms with Gasteiger partial charge in [-0.2, -0.15) is 4.31 Å². The average molecular weight is 538 g/mol. The molecule has 0 aliphatic carbocycles. The molecule has 198 valence electrons. The Balaban J connectivity index is 1.29. The number of hydrogen-bond acceptors (Lipinski definition) is 8. The first-order chi connectivity index (χ1) is 18.3. The number of rotatable bonds is 7. The van der Waals surface area contributed by atoms with Crippen molar-refractivity contribution in [3.8, 4) is 5.75 Å². The van der Waals surface area contributed by atoms with Gasteiger partial charge in [0.1, 0.15) is 17.8 Å². The first-order valence-electron chi connectivity index (χ1n) is 12.4. The number of likely N-dealkylation sites (tertiary alicyclic amines) is 1. The Morgan fingerprint density at radius 3 is 2.71 bits per heavy atom. The maximum absolute atomic E-state index is 13.5. The average Bonchev–Trinajstić information content (AvgIpc) is 3.50. The van der Waals surface area contributed by atoms with Crippen molar-refractivity contribution < 1.29 is 27.5 Å². The number of pyridine rings is 2. The summed E-state index contributed by atoms with van der Waals surface area (Å²) in [6.07, 6.45) is 3.47. The van der Waals surface area contributed by atoms with E-state index in [0.717, 1.165) is 15.2 Å². The van der Waals surface area contributed by atoms with Crippen LogP contribution in [-0.2, 0) is 19.6 Å². The van der Waals surface area contributed by atoms with Gasteiger partial charge in [0, 0.05) is 24.3 Å². The van der Waals surface area contributed by atoms with Crippen molar-refractivity contribution >= 4 is 38.7 Å². The van der Waals surface area contributed by atoms with Gasteiger partial charge in [0.05, 0.1) is 18.1 Å². The van der Waals surface area contributed by atoms with E-state index in [0.29, 0.717) is 25.0 Å². The molecule has 3 unspecified atom stereocenters. The number of fused-ring (bicyclic) bond motifs is 2. The third-order valence-electron chi connectivity index (χ3n) is 6.82. The van der Waals surface area contributed by atoms with E-state index in [9.17, 15) is 22.8 Å². The first-order valence-corrected chi connectivity index (χ1v) is 13.8. The molecule has 2 aliphatic heterocycles. The first kappa shape index (κ1) is 25.7. The predicted molar refractivity (Wildman–Crippen MR) is 137 cm³/mol. The molecule has 0 radical (unpaired) electrons. The van der Waals surface area contributed by atoms with E-state index in [1.807, 2.05) is 13.0 Å². The standard InChI is InChI=1S/C26H27N5O6S/c1-2-6-20(29-26(34)37-18-9-10-19-17(15-18)7-5-13-27-19)25(33)30-14-11-21-24(30)22(32)16-31(21)38(35,36)23-8-3-4-12-28-23/h3-5,7-10,12-13,15,20-21,24H,2,6,11,14,16H2,1H3,(H,29,34). The van der Waals surface area contributed by atoms with Gasteiger partial charge in [0.2, 0.25) is 5.91 Å².